The number of nitrogens with zero attached hydrogens (tertiary/aromatic N) is 4. The Morgan fingerprint density at radius 3 is 2.33 bits per heavy atom. The highest BCUT2D eigenvalue weighted by atomic mass is 35.5. The normalized spacial score (nSPS) is 27.0. The zero-order valence-corrected chi connectivity index (χ0v) is 25.2. The molecule has 7 atom stereocenters. The lowest BCUT2D eigenvalue weighted by Gasteiger charge is -2.46. The quantitative estimate of drug-likeness (QED) is 0.251. The second-order valence-corrected chi connectivity index (χ2v) is 11.8. The largest absolute Gasteiger partial charge is 0.394 e. The second kappa shape index (κ2) is 14.3. The maximum atomic E-state index is 14.6. The van der Waals surface area contributed by atoms with E-state index in [0.29, 0.717) is 19.3 Å². The van der Waals surface area contributed by atoms with Crippen molar-refractivity contribution in [2.24, 2.45) is 0 Å². The summed E-state index contributed by atoms with van der Waals surface area (Å²) in [6.07, 6.45) is -3.25. The van der Waals surface area contributed by atoms with Crippen molar-refractivity contribution in [3.8, 4) is 11.3 Å². The summed E-state index contributed by atoms with van der Waals surface area (Å²) in [5.41, 5.74) is 0.00425. The van der Waals surface area contributed by atoms with Crippen LogP contribution in [0.25, 0.3) is 11.3 Å². The number of rotatable bonds is 9. The topological polar surface area (TPSA) is 150 Å². The standard InChI is InChI=1S/C29H31Cl2F3N4O7/c30-15-9-16(31)11-17(10-15)38(21-3-1-2-4-22(21)41)29(43)28-27(44-6-5-39)25(26(42)23(13-40)45-28)37-12-20(35-36-37)14-7-18(32)24(34)19(33)8-14/h7-12,21-23,25-28,39-42H,1-6,13H2/t21-,22-,23+,25-,26-,27+,28+/m0/s1. The van der Waals surface area contributed by atoms with Crippen LogP contribution in [-0.4, -0.2) is 97.7 Å². The number of hydrogen-bond donors (Lipinski definition) is 4. The Morgan fingerprint density at radius 1 is 1.04 bits per heavy atom. The molecule has 2 heterocycles. The van der Waals surface area contributed by atoms with Crippen LogP contribution in [0.2, 0.25) is 10.0 Å². The number of ether oxygens (including phenoxy) is 2. The van der Waals surface area contributed by atoms with Crippen LogP contribution in [0.1, 0.15) is 31.7 Å². The van der Waals surface area contributed by atoms with Crippen LogP contribution in [0.3, 0.4) is 0 Å². The third-order valence-electron chi connectivity index (χ3n) is 8.00. The second-order valence-electron chi connectivity index (χ2n) is 10.9. The van der Waals surface area contributed by atoms with Crippen molar-refractivity contribution in [3.63, 3.8) is 0 Å². The summed E-state index contributed by atoms with van der Waals surface area (Å²) in [4.78, 5) is 15.9. The molecule has 11 nitrogen and oxygen atoms in total. The van der Waals surface area contributed by atoms with Crippen LogP contribution < -0.4 is 4.90 Å². The highest BCUT2D eigenvalue weighted by Gasteiger charge is 2.52. The molecule has 244 valence electrons. The zero-order valence-electron chi connectivity index (χ0n) is 23.6. The predicted octanol–water partition coefficient (Wildman–Crippen LogP) is 3.05. The predicted molar refractivity (Wildman–Crippen MR) is 155 cm³/mol. The lowest BCUT2D eigenvalue weighted by atomic mass is 9.88. The van der Waals surface area contributed by atoms with Crippen LogP contribution in [-0.2, 0) is 14.3 Å². The molecular formula is C29H31Cl2F3N4O7. The van der Waals surface area contributed by atoms with Gasteiger partial charge in [0.1, 0.15) is 30.0 Å². The van der Waals surface area contributed by atoms with Crippen molar-refractivity contribution in [1.29, 1.82) is 0 Å². The molecule has 0 radical (unpaired) electrons. The molecule has 45 heavy (non-hydrogen) atoms. The molecule has 16 heteroatoms. The molecule has 3 aromatic rings. The van der Waals surface area contributed by atoms with Gasteiger partial charge in [-0.05, 0) is 43.2 Å². The van der Waals surface area contributed by atoms with Crippen molar-refractivity contribution in [2.75, 3.05) is 24.7 Å². The molecule has 1 saturated carbocycles. The Labute approximate surface area is 265 Å². The fraction of sp³-hybridized carbons (Fsp3) is 0.483. The van der Waals surface area contributed by atoms with E-state index in [-0.39, 0.29) is 33.6 Å². The fourth-order valence-electron chi connectivity index (χ4n) is 5.92. The van der Waals surface area contributed by atoms with E-state index in [1.807, 2.05) is 0 Å². The monoisotopic (exact) mass is 674 g/mol. The van der Waals surface area contributed by atoms with E-state index in [4.69, 9.17) is 32.7 Å². The van der Waals surface area contributed by atoms with Gasteiger partial charge in [-0.2, -0.15) is 0 Å². The lowest BCUT2D eigenvalue weighted by Crippen LogP contribution is -2.63. The van der Waals surface area contributed by atoms with Crippen LogP contribution in [0.4, 0.5) is 18.9 Å². The molecule has 2 aromatic carbocycles. The first-order valence-electron chi connectivity index (χ1n) is 14.2. The van der Waals surface area contributed by atoms with Crippen LogP contribution in [0, 0.1) is 17.5 Å². The van der Waals surface area contributed by atoms with Crippen LogP contribution in [0.15, 0.2) is 36.5 Å². The first-order chi connectivity index (χ1) is 21.5. The molecule has 1 saturated heterocycles. The number of anilines is 1. The van der Waals surface area contributed by atoms with E-state index >= 15 is 0 Å². The Kier molecular flexibility index (Phi) is 10.7. The molecule has 1 aliphatic carbocycles. The maximum absolute atomic E-state index is 14.6. The molecule has 0 spiro atoms. The summed E-state index contributed by atoms with van der Waals surface area (Å²) in [5, 5.41) is 50.4. The van der Waals surface area contributed by atoms with Gasteiger partial charge in [0, 0.05) is 21.3 Å². The highest BCUT2D eigenvalue weighted by Crippen LogP contribution is 2.38. The zero-order chi connectivity index (χ0) is 32.4. The molecule has 0 bridgehead atoms. The summed E-state index contributed by atoms with van der Waals surface area (Å²) in [7, 11) is 0. The van der Waals surface area contributed by atoms with E-state index in [0.717, 1.165) is 23.2 Å². The number of benzene rings is 2. The summed E-state index contributed by atoms with van der Waals surface area (Å²) in [5.74, 6) is -5.29. The van der Waals surface area contributed by atoms with Gasteiger partial charge in [-0.25, -0.2) is 17.9 Å². The van der Waals surface area contributed by atoms with E-state index in [1.165, 1.54) is 29.3 Å². The van der Waals surface area contributed by atoms with Gasteiger partial charge in [-0.3, -0.25) is 4.79 Å². The Bertz CT molecular complexity index is 1480. The van der Waals surface area contributed by atoms with Crippen LogP contribution in [0.5, 0.6) is 0 Å². The minimum absolute atomic E-state index is 0.101. The van der Waals surface area contributed by atoms with Gasteiger partial charge in [0.15, 0.2) is 23.6 Å². The van der Waals surface area contributed by atoms with Gasteiger partial charge in [0.05, 0.1) is 38.2 Å². The van der Waals surface area contributed by atoms with Gasteiger partial charge in [0.2, 0.25) is 0 Å². The summed E-state index contributed by atoms with van der Waals surface area (Å²) >= 11 is 12.6. The molecule has 5 rings (SSSR count). The van der Waals surface area contributed by atoms with Gasteiger partial charge in [0.25, 0.3) is 5.91 Å². The van der Waals surface area contributed by atoms with Crippen molar-refractivity contribution >= 4 is 34.8 Å². The lowest BCUT2D eigenvalue weighted by molar-refractivity contribution is -0.218. The first kappa shape index (κ1) is 33.5. The molecule has 2 fully saturated rings. The van der Waals surface area contributed by atoms with E-state index in [9.17, 15) is 38.4 Å². The van der Waals surface area contributed by atoms with E-state index < -0.39 is 79.2 Å². The van der Waals surface area contributed by atoms with Gasteiger partial charge in [-0.15, -0.1) is 5.10 Å². The smallest absolute Gasteiger partial charge is 0.259 e. The number of carbonyl (C=O) groups excluding carboxylic acids is 1. The number of halogens is 5. The van der Waals surface area contributed by atoms with E-state index in [2.05, 4.69) is 10.3 Å². The van der Waals surface area contributed by atoms with Crippen molar-refractivity contribution in [1.82, 2.24) is 15.0 Å². The number of hydrogen-bond acceptors (Lipinski definition) is 9. The average Bonchev–Trinajstić information content (AvgIpc) is 3.49. The minimum atomic E-state index is -1.66. The number of carbonyl (C=O) groups is 1. The fourth-order valence-corrected chi connectivity index (χ4v) is 6.43. The highest BCUT2D eigenvalue weighted by molar-refractivity contribution is 6.35. The molecule has 1 aromatic heterocycles. The summed E-state index contributed by atoms with van der Waals surface area (Å²) in [6.45, 7) is -1.52. The Morgan fingerprint density at radius 2 is 1.71 bits per heavy atom. The number of amides is 1. The van der Waals surface area contributed by atoms with Crippen LogP contribution >= 0.6 is 23.2 Å². The molecule has 4 N–H and O–H groups in total. The van der Waals surface area contributed by atoms with Crippen molar-refractivity contribution < 1.29 is 47.9 Å². The third-order valence-corrected chi connectivity index (χ3v) is 8.43. The molecule has 0 unspecified atom stereocenters. The van der Waals surface area contributed by atoms with E-state index in [1.54, 1.807) is 0 Å². The number of aromatic nitrogens is 3. The van der Waals surface area contributed by atoms with Gasteiger partial charge in [-0.1, -0.05) is 41.3 Å². The number of aliphatic hydroxyl groups excluding tert-OH is 4. The Balaban J connectivity index is 1.58. The van der Waals surface area contributed by atoms with Crippen molar-refractivity contribution in [2.45, 2.75) is 68.3 Å². The van der Waals surface area contributed by atoms with Crippen molar-refractivity contribution in [3.05, 3.63) is 64.0 Å². The Hall–Kier alpha value is -2.82. The molecule has 1 aliphatic heterocycles. The summed E-state index contributed by atoms with van der Waals surface area (Å²) in [6, 6.07) is 3.90. The molecule has 2 aliphatic rings. The molecular weight excluding hydrogens is 644 g/mol. The first-order valence-corrected chi connectivity index (χ1v) is 15.0. The average molecular weight is 675 g/mol. The maximum Gasteiger partial charge on any atom is 0.259 e. The SMILES string of the molecule is O=C([C@@H]1O[C@H](CO)[C@H](O)[C@H](n2cc(-c3cc(F)c(F)c(F)c3)nn2)[C@H]1OCCO)N(c1cc(Cl)cc(Cl)c1)[C@H]1CCCC[C@@H]1O. The van der Waals surface area contributed by atoms with Gasteiger partial charge >= 0.3 is 0 Å². The minimum Gasteiger partial charge on any atom is -0.394 e. The molecule has 1 amide bonds. The third kappa shape index (κ3) is 6.98. The van der Waals surface area contributed by atoms with Gasteiger partial charge < -0.3 is 34.8 Å². The number of aliphatic hydroxyl groups is 4. The summed E-state index contributed by atoms with van der Waals surface area (Å²) < 4.78 is 54.4.